The molecule has 0 fully saturated rings. The Morgan fingerprint density at radius 3 is 2.36 bits per heavy atom. The van der Waals surface area contributed by atoms with E-state index in [1.54, 1.807) is 6.08 Å². The maximum atomic E-state index is 12.3. The molecule has 0 saturated carbocycles. The monoisotopic (exact) mass is 332 g/mol. The third kappa shape index (κ3) is 5.01. The Balaban J connectivity index is 1.60. The zero-order valence-electron chi connectivity index (χ0n) is 13.9. The molecule has 0 heterocycles. The Morgan fingerprint density at radius 1 is 0.960 bits per heavy atom. The molecule has 1 aliphatic rings. The van der Waals surface area contributed by atoms with Gasteiger partial charge in [0.25, 0.3) is 0 Å². The maximum absolute atomic E-state index is 12.3. The molecule has 0 saturated heterocycles. The summed E-state index contributed by atoms with van der Waals surface area (Å²) in [5.74, 6) is -0.742. The van der Waals surface area contributed by atoms with Crippen LogP contribution in [0.15, 0.2) is 78.4 Å². The highest BCUT2D eigenvalue weighted by Gasteiger charge is 2.27. The van der Waals surface area contributed by atoms with E-state index in [0.717, 1.165) is 16.7 Å². The summed E-state index contributed by atoms with van der Waals surface area (Å²) in [6.45, 7) is 0.239. The number of ketones is 1. The van der Waals surface area contributed by atoms with E-state index < -0.39 is 5.92 Å². The van der Waals surface area contributed by atoms with Crippen LogP contribution in [0.4, 0.5) is 0 Å². The van der Waals surface area contributed by atoms with Crippen LogP contribution < -0.4 is 0 Å². The molecule has 3 heteroatoms. The number of benzene rings is 2. The molecule has 25 heavy (non-hydrogen) atoms. The van der Waals surface area contributed by atoms with Crippen molar-refractivity contribution in [3.63, 3.8) is 0 Å². The normalized spacial score (nSPS) is 17.4. The van der Waals surface area contributed by atoms with E-state index in [9.17, 15) is 9.59 Å². The van der Waals surface area contributed by atoms with Crippen LogP contribution >= 0.6 is 0 Å². The van der Waals surface area contributed by atoms with Gasteiger partial charge in [-0.05, 0) is 29.2 Å². The highest BCUT2D eigenvalue weighted by molar-refractivity contribution is 5.95. The second-order valence-corrected chi connectivity index (χ2v) is 6.13. The molecule has 0 N–H and O–H groups in total. The number of carbonyl (C=O) groups excluding carboxylic acids is 2. The molecule has 0 aliphatic heterocycles. The van der Waals surface area contributed by atoms with Gasteiger partial charge in [-0.1, -0.05) is 72.8 Å². The van der Waals surface area contributed by atoms with E-state index in [2.05, 4.69) is 0 Å². The topological polar surface area (TPSA) is 43.4 Å². The number of hydrogen-bond donors (Lipinski definition) is 0. The number of hydrogen-bond acceptors (Lipinski definition) is 3. The summed E-state index contributed by atoms with van der Waals surface area (Å²) in [6, 6.07) is 19.4. The molecule has 1 atom stereocenters. The van der Waals surface area contributed by atoms with Crippen LogP contribution in [0.3, 0.4) is 0 Å². The van der Waals surface area contributed by atoms with Gasteiger partial charge >= 0.3 is 5.97 Å². The number of ether oxygens (including phenoxy) is 1. The van der Waals surface area contributed by atoms with Crippen LogP contribution in [0.25, 0.3) is 6.08 Å². The minimum atomic E-state index is -0.406. The van der Waals surface area contributed by atoms with Crippen molar-refractivity contribution < 1.29 is 14.3 Å². The van der Waals surface area contributed by atoms with Crippen molar-refractivity contribution in [1.82, 2.24) is 0 Å². The first-order valence-electron chi connectivity index (χ1n) is 8.38. The molecule has 0 aromatic heterocycles. The van der Waals surface area contributed by atoms with Crippen LogP contribution in [0, 0.1) is 5.92 Å². The summed E-state index contributed by atoms with van der Waals surface area (Å²) in [5.41, 5.74) is 2.86. The van der Waals surface area contributed by atoms with Crippen LogP contribution in [-0.2, 0) is 20.9 Å². The first-order chi connectivity index (χ1) is 12.2. The fourth-order valence-corrected chi connectivity index (χ4v) is 2.82. The first kappa shape index (κ1) is 16.9. The van der Waals surface area contributed by atoms with Gasteiger partial charge in [0.15, 0.2) is 5.78 Å². The Labute approximate surface area is 147 Å². The minimum absolute atomic E-state index is 0.0272. The van der Waals surface area contributed by atoms with Crippen LogP contribution in [-0.4, -0.2) is 11.8 Å². The lowest BCUT2D eigenvalue weighted by Gasteiger charge is -2.19. The summed E-state index contributed by atoms with van der Waals surface area (Å²) < 4.78 is 5.38. The largest absolute Gasteiger partial charge is 0.461 e. The third-order valence-electron chi connectivity index (χ3n) is 4.12. The molecule has 3 rings (SSSR count). The highest BCUT2D eigenvalue weighted by Crippen LogP contribution is 2.25. The average molecular weight is 332 g/mol. The van der Waals surface area contributed by atoms with Gasteiger partial charge < -0.3 is 4.74 Å². The molecule has 0 bridgehead atoms. The molecular weight excluding hydrogens is 312 g/mol. The summed E-state index contributed by atoms with van der Waals surface area (Å²) in [4.78, 5) is 24.3. The predicted octanol–water partition coefficient (Wildman–Crippen LogP) is 4.35. The van der Waals surface area contributed by atoms with Crippen LogP contribution in [0.2, 0.25) is 0 Å². The molecule has 2 aromatic rings. The predicted molar refractivity (Wildman–Crippen MR) is 97.5 cm³/mol. The Morgan fingerprint density at radius 2 is 1.64 bits per heavy atom. The second-order valence-electron chi connectivity index (χ2n) is 6.13. The van der Waals surface area contributed by atoms with E-state index >= 15 is 0 Å². The lowest BCUT2D eigenvalue weighted by Crippen LogP contribution is -2.24. The van der Waals surface area contributed by atoms with Gasteiger partial charge in [0.2, 0.25) is 0 Å². The summed E-state index contributed by atoms with van der Waals surface area (Å²) in [5, 5.41) is 0. The van der Waals surface area contributed by atoms with Crippen molar-refractivity contribution in [3.8, 4) is 0 Å². The van der Waals surface area contributed by atoms with Gasteiger partial charge in [0.1, 0.15) is 6.61 Å². The minimum Gasteiger partial charge on any atom is -0.461 e. The van der Waals surface area contributed by atoms with E-state index in [1.165, 1.54) is 0 Å². The first-order valence-corrected chi connectivity index (χ1v) is 8.38. The summed E-state index contributed by atoms with van der Waals surface area (Å²) in [6.07, 6.45) is 6.24. The van der Waals surface area contributed by atoms with Crippen LogP contribution in [0.5, 0.6) is 0 Å². The fraction of sp³-hybridized carbons (Fsp3) is 0.182. The molecule has 126 valence electrons. The van der Waals surface area contributed by atoms with Crippen molar-refractivity contribution in [2.24, 2.45) is 5.92 Å². The van der Waals surface area contributed by atoms with Gasteiger partial charge in [0.05, 0.1) is 5.92 Å². The van der Waals surface area contributed by atoms with Crippen molar-refractivity contribution in [3.05, 3.63) is 89.5 Å². The third-order valence-corrected chi connectivity index (χ3v) is 4.12. The SMILES string of the molecule is O=C1C=C(/C=C/c2ccccc2)CC(C(=O)OCc2ccccc2)C1. The molecule has 2 aromatic carbocycles. The molecule has 3 nitrogen and oxygen atoms in total. The fourth-order valence-electron chi connectivity index (χ4n) is 2.82. The quantitative estimate of drug-likeness (QED) is 0.765. The van der Waals surface area contributed by atoms with Crippen LogP contribution in [0.1, 0.15) is 24.0 Å². The lowest BCUT2D eigenvalue weighted by molar-refractivity contribution is -0.151. The van der Waals surface area contributed by atoms with Gasteiger partial charge in [0, 0.05) is 6.42 Å². The number of rotatable bonds is 5. The Kier molecular flexibility index (Phi) is 5.57. The molecular formula is C22H20O3. The number of carbonyl (C=O) groups is 2. The standard InChI is InChI=1S/C22H20O3/c23-21-14-19(12-11-17-7-3-1-4-8-17)13-20(15-21)22(24)25-16-18-9-5-2-6-10-18/h1-12,14,20H,13,15-16H2/b12-11+. The summed E-state index contributed by atoms with van der Waals surface area (Å²) in [7, 11) is 0. The average Bonchev–Trinajstić information content (AvgIpc) is 2.66. The van der Waals surface area contributed by atoms with Gasteiger partial charge in [-0.15, -0.1) is 0 Å². The zero-order chi connectivity index (χ0) is 17.5. The highest BCUT2D eigenvalue weighted by atomic mass is 16.5. The van der Waals surface area contributed by atoms with E-state index in [1.807, 2.05) is 72.8 Å². The van der Waals surface area contributed by atoms with Crippen molar-refractivity contribution in [1.29, 1.82) is 0 Å². The van der Waals surface area contributed by atoms with Crippen molar-refractivity contribution in [2.45, 2.75) is 19.4 Å². The molecule has 1 aliphatic carbocycles. The van der Waals surface area contributed by atoms with Crippen molar-refractivity contribution in [2.75, 3.05) is 0 Å². The number of esters is 1. The van der Waals surface area contributed by atoms with Gasteiger partial charge in [-0.3, -0.25) is 9.59 Å². The smallest absolute Gasteiger partial charge is 0.310 e. The van der Waals surface area contributed by atoms with Gasteiger partial charge in [-0.25, -0.2) is 0 Å². The van der Waals surface area contributed by atoms with Gasteiger partial charge in [-0.2, -0.15) is 0 Å². The summed E-state index contributed by atoms with van der Waals surface area (Å²) >= 11 is 0. The molecule has 1 unspecified atom stereocenters. The molecule has 0 spiro atoms. The second kappa shape index (κ2) is 8.25. The molecule has 0 radical (unpaired) electrons. The number of allylic oxidation sites excluding steroid dienone is 3. The van der Waals surface area contributed by atoms with E-state index in [-0.39, 0.29) is 24.8 Å². The lowest BCUT2D eigenvalue weighted by atomic mass is 9.87. The Hall–Kier alpha value is -2.94. The van der Waals surface area contributed by atoms with E-state index in [4.69, 9.17) is 4.74 Å². The Bertz CT molecular complexity index is 789. The zero-order valence-corrected chi connectivity index (χ0v) is 13.9. The maximum Gasteiger partial charge on any atom is 0.310 e. The van der Waals surface area contributed by atoms with E-state index in [0.29, 0.717) is 6.42 Å². The molecule has 0 amide bonds. The van der Waals surface area contributed by atoms with Crippen molar-refractivity contribution >= 4 is 17.8 Å².